The van der Waals surface area contributed by atoms with E-state index in [-0.39, 0.29) is 11.2 Å². The quantitative estimate of drug-likeness (QED) is 0.841. The Morgan fingerprint density at radius 2 is 2.12 bits per heavy atom. The van der Waals surface area contributed by atoms with Crippen LogP contribution in [0.3, 0.4) is 0 Å². The average molecular weight is 336 g/mol. The normalized spacial score (nSPS) is 35.2. The molecule has 0 amide bonds. The Bertz CT molecular complexity index is 650. The van der Waals surface area contributed by atoms with Gasteiger partial charge < -0.3 is 9.64 Å². The van der Waals surface area contributed by atoms with Crippen LogP contribution in [0.2, 0.25) is 0 Å². The van der Waals surface area contributed by atoms with Gasteiger partial charge in [-0.05, 0) is 45.5 Å². The molecule has 4 rings (SSSR count). The van der Waals surface area contributed by atoms with Crippen molar-refractivity contribution in [3.63, 3.8) is 0 Å². The molecule has 0 unspecified atom stereocenters. The number of nitrogens with zero attached hydrogens (tertiary/aromatic N) is 2. The van der Waals surface area contributed by atoms with Crippen LogP contribution in [0.5, 0.6) is 0 Å². The van der Waals surface area contributed by atoms with Gasteiger partial charge in [-0.3, -0.25) is 4.90 Å². The van der Waals surface area contributed by atoms with Gasteiger partial charge in [0.05, 0.1) is 11.7 Å². The summed E-state index contributed by atoms with van der Waals surface area (Å²) in [6, 6.07) is 2.88. The molecular weight excluding hydrogens is 310 g/mol. The summed E-state index contributed by atoms with van der Waals surface area (Å²) in [4.78, 5) is 4.42. The van der Waals surface area contributed by atoms with Gasteiger partial charge in [-0.1, -0.05) is 6.07 Å². The summed E-state index contributed by atoms with van der Waals surface area (Å²) in [6.07, 6.45) is 2.57. The molecule has 24 heavy (non-hydrogen) atoms. The molecule has 3 heterocycles. The summed E-state index contributed by atoms with van der Waals surface area (Å²) >= 11 is 0. The highest BCUT2D eigenvalue weighted by molar-refractivity contribution is 5.27. The zero-order chi connectivity index (χ0) is 17.1. The van der Waals surface area contributed by atoms with Crippen molar-refractivity contribution in [1.82, 2.24) is 9.80 Å². The minimum Gasteiger partial charge on any atom is -0.370 e. The Balaban J connectivity index is 1.54. The summed E-state index contributed by atoms with van der Waals surface area (Å²) in [6.45, 7) is 4.72. The average Bonchev–Trinajstić information content (AvgIpc) is 3.16. The fraction of sp³-hybridized carbons (Fsp3) is 0.684. The van der Waals surface area contributed by atoms with Gasteiger partial charge in [-0.15, -0.1) is 0 Å². The number of hydrogen-bond donors (Lipinski definition) is 0. The standard InChI is InChI=1S/C19H26F2N2O/c1-12-4-5-16(20)14(18(12)21)9-23-10-15-13(8-22(2)3)17-6-7-19(15,11-23)24-17/h4-5,13,15,17H,6-11H2,1-3H3/t13-,15+,17+,19+/m0/s1. The van der Waals surface area contributed by atoms with Crippen molar-refractivity contribution < 1.29 is 13.5 Å². The lowest BCUT2D eigenvalue weighted by Gasteiger charge is -2.31. The van der Waals surface area contributed by atoms with E-state index in [0.29, 0.717) is 30.0 Å². The van der Waals surface area contributed by atoms with E-state index in [0.717, 1.165) is 32.5 Å². The Morgan fingerprint density at radius 1 is 1.33 bits per heavy atom. The molecule has 1 spiro atoms. The minimum absolute atomic E-state index is 0.0812. The zero-order valence-electron chi connectivity index (χ0n) is 14.7. The molecule has 1 aromatic rings. The lowest BCUT2D eigenvalue weighted by atomic mass is 9.73. The van der Waals surface area contributed by atoms with E-state index in [2.05, 4.69) is 23.9 Å². The summed E-state index contributed by atoms with van der Waals surface area (Å²) in [5.41, 5.74) is 0.624. The number of aryl methyl sites for hydroxylation is 1. The van der Waals surface area contributed by atoms with E-state index in [1.807, 2.05) is 0 Å². The molecule has 3 aliphatic heterocycles. The first-order chi connectivity index (χ1) is 11.4. The first kappa shape index (κ1) is 16.4. The number of benzene rings is 1. The number of ether oxygens (including phenoxy) is 1. The molecule has 4 atom stereocenters. The highest BCUT2D eigenvalue weighted by Gasteiger charge is 2.62. The smallest absolute Gasteiger partial charge is 0.133 e. The van der Waals surface area contributed by atoms with Gasteiger partial charge >= 0.3 is 0 Å². The summed E-state index contributed by atoms with van der Waals surface area (Å²) in [7, 11) is 4.20. The van der Waals surface area contributed by atoms with Crippen molar-refractivity contribution in [2.24, 2.45) is 11.8 Å². The van der Waals surface area contributed by atoms with Crippen LogP contribution in [0.4, 0.5) is 8.78 Å². The lowest BCUT2D eigenvalue weighted by molar-refractivity contribution is 0.00128. The van der Waals surface area contributed by atoms with Crippen molar-refractivity contribution in [2.45, 2.75) is 38.0 Å². The third kappa shape index (κ3) is 2.49. The van der Waals surface area contributed by atoms with Crippen molar-refractivity contribution in [1.29, 1.82) is 0 Å². The van der Waals surface area contributed by atoms with E-state index < -0.39 is 11.6 Å². The van der Waals surface area contributed by atoms with Crippen LogP contribution >= 0.6 is 0 Å². The van der Waals surface area contributed by atoms with Crippen molar-refractivity contribution in [3.8, 4) is 0 Å². The fourth-order valence-corrected chi connectivity index (χ4v) is 5.16. The molecule has 3 saturated heterocycles. The summed E-state index contributed by atoms with van der Waals surface area (Å²) in [5, 5.41) is 0. The highest BCUT2D eigenvalue weighted by Crippen LogP contribution is 2.55. The number of rotatable bonds is 4. The topological polar surface area (TPSA) is 15.7 Å². The molecular formula is C19H26F2N2O. The predicted octanol–water partition coefficient (Wildman–Crippen LogP) is 2.81. The molecule has 0 radical (unpaired) electrons. The van der Waals surface area contributed by atoms with Gasteiger partial charge in [0.2, 0.25) is 0 Å². The predicted molar refractivity (Wildman–Crippen MR) is 88.7 cm³/mol. The van der Waals surface area contributed by atoms with E-state index in [9.17, 15) is 8.78 Å². The van der Waals surface area contributed by atoms with Crippen molar-refractivity contribution in [3.05, 3.63) is 34.9 Å². The molecule has 3 fully saturated rings. The van der Waals surface area contributed by atoms with E-state index in [4.69, 9.17) is 4.74 Å². The van der Waals surface area contributed by atoms with Crippen LogP contribution in [0.25, 0.3) is 0 Å². The van der Waals surface area contributed by atoms with Crippen molar-refractivity contribution >= 4 is 0 Å². The minimum atomic E-state index is -0.442. The second-order valence-electron chi connectivity index (χ2n) is 8.12. The van der Waals surface area contributed by atoms with Gasteiger partial charge in [0, 0.05) is 43.6 Å². The first-order valence-corrected chi connectivity index (χ1v) is 8.88. The molecule has 132 valence electrons. The Morgan fingerprint density at radius 3 is 2.88 bits per heavy atom. The number of hydrogen-bond acceptors (Lipinski definition) is 3. The van der Waals surface area contributed by atoms with Crippen LogP contribution in [-0.2, 0) is 11.3 Å². The van der Waals surface area contributed by atoms with Crippen LogP contribution in [-0.4, -0.2) is 55.2 Å². The summed E-state index contributed by atoms with van der Waals surface area (Å²) in [5.74, 6) is 0.169. The monoisotopic (exact) mass is 336 g/mol. The van der Waals surface area contributed by atoms with Crippen LogP contribution in [0.1, 0.15) is 24.0 Å². The Labute approximate surface area is 142 Å². The lowest BCUT2D eigenvalue weighted by Crippen LogP contribution is -2.40. The Hall–Kier alpha value is -1.04. The zero-order valence-corrected chi connectivity index (χ0v) is 14.7. The number of halogens is 2. The van der Waals surface area contributed by atoms with Crippen LogP contribution in [0.15, 0.2) is 12.1 Å². The molecule has 3 aliphatic rings. The molecule has 1 aromatic carbocycles. The van der Waals surface area contributed by atoms with Crippen molar-refractivity contribution in [2.75, 3.05) is 33.7 Å². The van der Waals surface area contributed by atoms with E-state index in [1.165, 1.54) is 12.1 Å². The second kappa shape index (κ2) is 5.75. The van der Waals surface area contributed by atoms with Gasteiger partial charge in [0.1, 0.15) is 11.6 Å². The molecule has 3 nitrogen and oxygen atoms in total. The molecule has 5 heteroatoms. The van der Waals surface area contributed by atoms with Crippen LogP contribution in [0, 0.1) is 30.4 Å². The highest BCUT2D eigenvalue weighted by atomic mass is 19.1. The largest absolute Gasteiger partial charge is 0.370 e. The van der Waals surface area contributed by atoms with Gasteiger partial charge in [0.25, 0.3) is 0 Å². The molecule has 2 bridgehead atoms. The fourth-order valence-electron chi connectivity index (χ4n) is 5.16. The Kier molecular flexibility index (Phi) is 3.94. The number of fused-ring (bicyclic) bond motifs is 1. The summed E-state index contributed by atoms with van der Waals surface area (Å²) < 4.78 is 34.8. The molecule has 0 saturated carbocycles. The molecule has 0 aliphatic carbocycles. The second-order valence-corrected chi connectivity index (χ2v) is 8.12. The van der Waals surface area contributed by atoms with E-state index in [1.54, 1.807) is 6.92 Å². The van der Waals surface area contributed by atoms with Crippen LogP contribution < -0.4 is 0 Å². The number of likely N-dealkylation sites (tertiary alicyclic amines) is 1. The maximum absolute atomic E-state index is 14.3. The third-order valence-corrected chi connectivity index (χ3v) is 6.19. The van der Waals surface area contributed by atoms with Gasteiger partial charge in [-0.2, -0.15) is 0 Å². The van der Waals surface area contributed by atoms with Gasteiger partial charge in [-0.25, -0.2) is 8.78 Å². The third-order valence-electron chi connectivity index (χ3n) is 6.19. The van der Waals surface area contributed by atoms with Gasteiger partial charge in [0.15, 0.2) is 0 Å². The SMILES string of the molecule is Cc1ccc(F)c(CN2C[C@@H]3[C@H](CN(C)C)[C@H]4CC[C@]3(C2)O4)c1F. The van der Waals surface area contributed by atoms with E-state index >= 15 is 0 Å². The molecule has 0 aromatic heterocycles. The maximum Gasteiger partial charge on any atom is 0.133 e. The molecule has 0 N–H and O–H groups in total. The maximum atomic E-state index is 14.3. The first-order valence-electron chi connectivity index (χ1n) is 8.88.